The molecule has 0 bridgehead atoms. The van der Waals surface area contributed by atoms with Gasteiger partial charge in [0.1, 0.15) is 5.82 Å². The number of rotatable bonds is 6. The third-order valence-corrected chi connectivity index (χ3v) is 4.56. The lowest BCUT2D eigenvalue weighted by Gasteiger charge is -2.37. The Hall–Kier alpha value is -2.64. The third-order valence-electron chi connectivity index (χ3n) is 4.56. The number of likely N-dealkylation sites (tertiary alicyclic amines) is 1. The van der Waals surface area contributed by atoms with Crippen molar-refractivity contribution >= 4 is 23.6 Å². The molecule has 3 amide bonds. The monoisotopic (exact) mass is 379 g/mol. The second kappa shape index (κ2) is 9.89. The van der Waals surface area contributed by atoms with Crippen LogP contribution in [-0.4, -0.2) is 60.0 Å². The number of amides is 3. The predicted molar refractivity (Wildman–Crippen MR) is 98.7 cm³/mol. The highest BCUT2D eigenvalue weighted by Crippen LogP contribution is 2.18. The Balaban J connectivity index is 1.85. The molecule has 8 heteroatoms. The molecular weight excluding hydrogens is 353 g/mol. The van der Waals surface area contributed by atoms with Gasteiger partial charge < -0.3 is 19.9 Å². The maximum Gasteiger partial charge on any atom is 0.409 e. The Bertz CT molecular complexity index is 675. The SMILES string of the molecule is CCOC(=O)N1CCC(N(CCC(=O)Nc2ccccc2F)C(C)=O)CC1. The van der Waals surface area contributed by atoms with E-state index < -0.39 is 5.82 Å². The van der Waals surface area contributed by atoms with Gasteiger partial charge in [-0.15, -0.1) is 0 Å². The molecule has 7 nitrogen and oxygen atoms in total. The number of hydrogen-bond acceptors (Lipinski definition) is 4. The number of carbonyl (C=O) groups is 3. The summed E-state index contributed by atoms with van der Waals surface area (Å²) in [5.74, 6) is -0.973. The zero-order chi connectivity index (χ0) is 19.8. The summed E-state index contributed by atoms with van der Waals surface area (Å²) in [5.41, 5.74) is 0.125. The molecule has 0 aromatic heterocycles. The van der Waals surface area contributed by atoms with Crippen LogP contribution >= 0.6 is 0 Å². The highest BCUT2D eigenvalue weighted by atomic mass is 19.1. The summed E-state index contributed by atoms with van der Waals surface area (Å²) in [6.45, 7) is 4.82. The number of nitrogens with zero attached hydrogens (tertiary/aromatic N) is 2. The second-order valence-electron chi connectivity index (χ2n) is 6.41. The maximum atomic E-state index is 13.6. The Morgan fingerprint density at radius 1 is 1.26 bits per heavy atom. The molecule has 1 aliphatic heterocycles. The van der Waals surface area contributed by atoms with E-state index in [0.717, 1.165) is 0 Å². The van der Waals surface area contributed by atoms with Crippen molar-refractivity contribution in [2.45, 2.75) is 39.2 Å². The number of ether oxygens (including phenoxy) is 1. The van der Waals surface area contributed by atoms with Crippen LogP contribution in [0.4, 0.5) is 14.9 Å². The van der Waals surface area contributed by atoms with Gasteiger partial charge in [-0.05, 0) is 31.9 Å². The van der Waals surface area contributed by atoms with Crippen LogP contribution in [0.3, 0.4) is 0 Å². The van der Waals surface area contributed by atoms with E-state index in [0.29, 0.717) is 32.5 Å². The number of para-hydroxylation sites is 1. The van der Waals surface area contributed by atoms with Crippen molar-refractivity contribution in [2.24, 2.45) is 0 Å². The molecular formula is C19H26FN3O4. The minimum Gasteiger partial charge on any atom is -0.450 e. The number of nitrogens with one attached hydrogen (secondary N) is 1. The van der Waals surface area contributed by atoms with Gasteiger partial charge in [-0.3, -0.25) is 9.59 Å². The van der Waals surface area contributed by atoms with E-state index in [1.807, 2.05) is 0 Å². The van der Waals surface area contributed by atoms with Crippen molar-refractivity contribution in [2.75, 3.05) is 31.6 Å². The first kappa shape index (κ1) is 20.7. The van der Waals surface area contributed by atoms with Crippen LogP contribution < -0.4 is 5.32 Å². The molecule has 1 N–H and O–H groups in total. The summed E-state index contributed by atoms with van der Waals surface area (Å²) in [5, 5.41) is 2.52. The van der Waals surface area contributed by atoms with Crippen molar-refractivity contribution in [3.8, 4) is 0 Å². The van der Waals surface area contributed by atoms with Crippen molar-refractivity contribution in [1.82, 2.24) is 9.80 Å². The minimum absolute atomic E-state index is 0.0329. The molecule has 1 heterocycles. The van der Waals surface area contributed by atoms with Gasteiger partial charge in [-0.1, -0.05) is 12.1 Å². The summed E-state index contributed by atoms with van der Waals surface area (Å²) in [6, 6.07) is 5.91. The van der Waals surface area contributed by atoms with Crippen LogP contribution in [0.5, 0.6) is 0 Å². The molecule has 27 heavy (non-hydrogen) atoms. The quantitative estimate of drug-likeness (QED) is 0.824. The summed E-state index contributed by atoms with van der Waals surface area (Å²) in [6.07, 6.45) is 1.00. The second-order valence-corrected chi connectivity index (χ2v) is 6.41. The number of benzene rings is 1. The normalized spacial score (nSPS) is 14.6. The number of piperidine rings is 1. The van der Waals surface area contributed by atoms with Crippen molar-refractivity contribution in [1.29, 1.82) is 0 Å². The van der Waals surface area contributed by atoms with E-state index in [4.69, 9.17) is 4.74 Å². The van der Waals surface area contributed by atoms with Crippen molar-refractivity contribution in [3.05, 3.63) is 30.1 Å². The molecule has 0 spiro atoms. The van der Waals surface area contributed by atoms with Gasteiger partial charge in [0.15, 0.2) is 0 Å². The van der Waals surface area contributed by atoms with Crippen LogP contribution in [-0.2, 0) is 14.3 Å². The van der Waals surface area contributed by atoms with Crippen LogP contribution in [0.15, 0.2) is 24.3 Å². The van der Waals surface area contributed by atoms with E-state index in [1.54, 1.807) is 28.9 Å². The van der Waals surface area contributed by atoms with E-state index in [2.05, 4.69) is 5.32 Å². The number of halogens is 1. The van der Waals surface area contributed by atoms with E-state index >= 15 is 0 Å². The lowest BCUT2D eigenvalue weighted by molar-refractivity contribution is -0.132. The van der Waals surface area contributed by atoms with Gasteiger partial charge >= 0.3 is 6.09 Å². The smallest absolute Gasteiger partial charge is 0.409 e. The van der Waals surface area contributed by atoms with Gasteiger partial charge in [-0.25, -0.2) is 9.18 Å². The fourth-order valence-electron chi connectivity index (χ4n) is 3.17. The van der Waals surface area contributed by atoms with E-state index in [1.165, 1.54) is 19.1 Å². The number of hydrogen-bond donors (Lipinski definition) is 1. The van der Waals surface area contributed by atoms with E-state index in [9.17, 15) is 18.8 Å². The Morgan fingerprint density at radius 2 is 1.93 bits per heavy atom. The molecule has 0 aliphatic carbocycles. The zero-order valence-electron chi connectivity index (χ0n) is 15.7. The molecule has 1 saturated heterocycles. The molecule has 1 aromatic carbocycles. The Labute approximate surface area is 158 Å². The standard InChI is InChI=1S/C19H26FN3O4/c1-3-27-19(26)22-11-8-15(9-12-22)23(14(2)24)13-10-18(25)21-17-7-5-4-6-16(17)20/h4-7,15H,3,8-13H2,1-2H3,(H,21,25). The molecule has 0 atom stereocenters. The molecule has 1 aromatic rings. The summed E-state index contributed by atoms with van der Waals surface area (Å²) in [4.78, 5) is 39.2. The number of anilines is 1. The summed E-state index contributed by atoms with van der Waals surface area (Å²) >= 11 is 0. The molecule has 0 saturated carbocycles. The zero-order valence-corrected chi connectivity index (χ0v) is 15.7. The molecule has 148 valence electrons. The lowest BCUT2D eigenvalue weighted by atomic mass is 10.0. The first-order chi connectivity index (χ1) is 12.9. The lowest BCUT2D eigenvalue weighted by Crippen LogP contribution is -2.49. The van der Waals surface area contributed by atoms with Gasteiger partial charge in [0.2, 0.25) is 11.8 Å². The van der Waals surface area contributed by atoms with Crippen LogP contribution in [0.2, 0.25) is 0 Å². The number of carbonyl (C=O) groups excluding carboxylic acids is 3. The van der Waals surface area contributed by atoms with Crippen LogP contribution in [0.1, 0.15) is 33.1 Å². The molecule has 1 fully saturated rings. The largest absolute Gasteiger partial charge is 0.450 e. The summed E-state index contributed by atoms with van der Waals surface area (Å²) < 4.78 is 18.6. The van der Waals surface area contributed by atoms with Gasteiger partial charge in [0, 0.05) is 39.0 Å². The fourth-order valence-corrected chi connectivity index (χ4v) is 3.17. The fraction of sp³-hybridized carbons (Fsp3) is 0.526. The van der Waals surface area contributed by atoms with E-state index in [-0.39, 0.29) is 42.6 Å². The average molecular weight is 379 g/mol. The van der Waals surface area contributed by atoms with Gasteiger partial charge in [0.05, 0.1) is 12.3 Å². The first-order valence-electron chi connectivity index (χ1n) is 9.15. The van der Waals surface area contributed by atoms with Gasteiger partial charge in [-0.2, -0.15) is 0 Å². The first-order valence-corrected chi connectivity index (χ1v) is 9.15. The summed E-state index contributed by atoms with van der Waals surface area (Å²) in [7, 11) is 0. The Kier molecular flexibility index (Phi) is 7.57. The van der Waals surface area contributed by atoms with Gasteiger partial charge in [0.25, 0.3) is 0 Å². The van der Waals surface area contributed by atoms with Crippen LogP contribution in [0.25, 0.3) is 0 Å². The highest BCUT2D eigenvalue weighted by molar-refractivity contribution is 5.91. The maximum absolute atomic E-state index is 13.6. The molecule has 2 rings (SSSR count). The topological polar surface area (TPSA) is 79.0 Å². The average Bonchev–Trinajstić information content (AvgIpc) is 2.64. The van der Waals surface area contributed by atoms with Crippen LogP contribution in [0, 0.1) is 5.82 Å². The Morgan fingerprint density at radius 3 is 2.52 bits per heavy atom. The highest BCUT2D eigenvalue weighted by Gasteiger charge is 2.29. The molecule has 0 unspecified atom stereocenters. The van der Waals surface area contributed by atoms with Crippen molar-refractivity contribution in [3.63, 3.8) is 0 Å². The predicted octanol–water partition coefficient (Wildman–Crippen LogP) is 2.62. The third kappa shape index (κ3) is 5.94. The van der Waals surface area contributed by atoms with Crippen molar-refractivity contribution < 1.29 is 23.5 Å². The minimum atomic E-state index is -0.499. The molecule has 1 aliphatic rings. The molecule has 0 radical (unpaired) electrons.